The van der Waals surface area contributed by atoms with Crippen LogP contribution < -0.4 is 5.73 Å². The molecular formula is C26H28F3N7. The first kappa shape index (κ1) is 24.2. The number of likely N-dealkylation sites (tertiary alicyclic amines) is 1. The third-order valence-electron chi connectivity index (χ3n) is 6.73. The number of alkyl halides is 3. The van der Waals surface area contributed by atoms with Gasteiger partial charge in [-0.25, -0.2) is 4.98 Å². The van der Waals surface area contributed by atoms with Crippen LogP contribution in [0.5, 0.6) is 0 Å². The van der Waals surface area contributed by atoms with Gasteiger partial charge in [0, 0.05) is 56.9 Å². The maximum atomic E-state index is 14.2. The number of halogens is 3. The summed E-state index contributed by atoms with van der Waals surface area (Å²) in [5.41, 5.74) is 9.75. The lowest BCUT2D eigenvalue weighted by molar-refractivity contribution is -0.183. The average molecular weight is 496 g/mol. The molecule has 3 aromatic heterocycles. The van der Waals surface area contributed by atoms with Crippen LogP contribution in [0.4, 0.5) is 13.2 Å². The zero-order valence-corrected chi connectivity index (χ0v) is 20.2. The summed E-state index contributed by atoms with van der Waals surface area (Å²) >= 11 is 0. The number of nitrogens with two attached hydrogens (primary N) is 1. The van der Waals surface area contributed by atoms with Crippen LogP contribution in [-0.4, -0.2) is 68.8 Å². The number of hydrogen-bond acceptors (Lipinski definition) is 6. The second-order valence-electron chi connectivity index (χ2n) is 9.52. The van der Waals surface area contributed by atoms with E-state index in [9.17, 15) is 13.2 Å². The van der Waals surface area contributed by atoms with Crippen LogP contribution in [0.1, 0.15) is 23.6 Å². The van der Waals surface area contributed by atoms with Gasteiger partial charge in [-0.1, -0.05) is 36.9 Å². The van der Waals surface area contributed by atoms with Crippen LogP contribution in [0.25, 0.3) is 28.1 Å². The molecule has 4 aromatic rings. The van der Waals surface area contributed by atoms with Gasteiger partial charge in [-0.2, -0.15) is 13.2 Å². The summed E-state index contributed by atoms with van der Waals surface area (Å²) < 4.78 is 44.1. The first-order valence-corrected chi connectivity index (χ1v) is 11.8. The normalized spacial score (nSPS) is 17.7. The summed E-state index contributed by atoms with van der Waals surface area (Å²) in [6, 6.07) is 10.7. The fraction of sp³-hybridized carbons (Fsp3) is 0.346. The summed E-state index contributed by atoms with van der Waals surface area (Å²) in [7, 11) is 3.88. The van der Waals surface area contributed by atoms with E-state index in [2.05, 4.69) is 16.8 Å². The van der Waals surface area contributed by atoms with Crippen LogP contribution in [0.15, 0.2) is 60.9 Å². The van der Waals surface area contributed by atoms with E-state index in [4.69, 9.17) is 10.7 Å². The number of fused-ring (bicyclic) bond motifs is 2. The largest absolute Gasteiger partial charge is 0.408 e. The number of pyridine rings is 2. The maximum absolute atomic E-state index is 14.2. The van der Waals surface area contributed by atoms with Crippen molar-refractivity contribution in [2.45, 2.75) is 31.1 Å². The molecule has 36 heavy (non-hydrogen) atoms. The van der Waals surface area contributed by atoms with E-state index in [1.165, 1.54) is 17.2 Å². The molecule has 0 bridgehead atoms. The van der Waals surface area contributed by atoms with Crippen LogP contribution in [-0.2, 0) is 6.42 Å². The van der Waals surface area contributed by atoms with Crippen molar-refractivity contribution < 1.29 is 13.2 Å². The standard InChI is InChI=1S/C26H28F3N7/c1-16(34(2)3)13-18-6-4-5-17-7-9-21(31-23(17)18)25-33-32-22-10-8-19(14-36(22)25)24(26(27,28)29)35-12-11-20(30)15-35/h4-10,14,20,24H,1,11-13,15,30H2,2-3H3/t20-,24+/m0/s1. The summed E-state index contributed by atoms with van der Waals surface area (Å²) in [6.07, 6.45) is -1.82. The van der Waals surface area contributed by atoms with Crippen LogP contribution in [0.2, 0.25) is 0 Å². The van der Waals surface area contributed by atoms with Crippen molar-refractivity contribution >= 4 is 16.6 Å². The second kappa shape index (κ2) is 9.18. The highest BCUT2D eigenvalue weighted by Crippen LogP contribution is 2.39. The fourth-order valence-corrected chi connectivity index (χ4v) is 4.75. The average Bonchev–Trinajstić information content (AvgIpc) is 3.44. The van der Waals surface area contributed by atoms with Crippen LogP contribution in [0, 0.1) is 0 Å². The minimum Gasteiger partial charge on any atom is -0.381 e. The number of rotatable bonds is 6. The molecule has 0 unspecified atom stereocenters. The molecule has 5 rings (SSSR count). The summed E-state index contributed by atoms with van der Waals surface area (Å²) in [5, 5.41) is 9.41. The lowest BCUT2D eigenvalue weighted by Crippen LogP contribution is -2.38. The zero-order valence-electron chi connectivity index (χ0n) is 20.2. The van der Waals surface area contributed by atoms with Gasteiger partial charge in [-0.05, 0) is 29.7 Å². The maximum Gasteiger partial charge on any atom is 0.408 e. The first-order valence-electron chi connectivity index (χ1n) is 11.8. The predicted molar refractivity (Wildman–Crippen MR) is 133 cm³/mol. The highest BCUT2D eigenvalue weighted by Gasteiger charge is 2.46. The molecule has 4 heterocycles. The molecule has 188 valence electrons. The molecular weight excluding hydrogens is 467 g/mol. The number of para-hydroxylation sites is 1. The Morgan fingerprint density at radius 3 is 2.67 bits per heavy atom. The first-order chi connectivity index (χ1) is 17.1. The molecule has 10 heteroatoms. The van der Waals surface area contributed by atoms with Gasteiger partial charge < -0.3 is 10.6 Å². The van der Waals surface area contributed by atoms with Gasteiger partial charge in [0.1, 0.15) is 11.7 Å². The molecule has 0 aliphatic carbocycles. The molecule has 1 saturated heterocycles. The molecule has 7 nitrogen and oxygen atoms in total. The molecule has 1 aliphatic heterocycles. The molecule has 2 N–H and O–H groups in total. The highest BCUT2D eigenvalue weighted by atomic mass is 19.4. The van der Waals surface area contributed by atoms with Crippen molar-refractivity contribution in [1.29, 1.82) is 0 Å². The number of nitrogens with zero attached hydrogens (tertiary/aromatic N) is 6. The SMILES string of the molecule is C=C(Cc1cccc2ccc(-c3nnc4ccc([C@@H](N5CC[C@H](N)C5)C(F)(F)F)cn34)nc12)N(C)C. The predicted octanol–water partition coefficient (Wildman–Crippen LogP) is 4.20. The number of likely N-dealkylation sites (N-methyl/N-ethyl adjacent to an activating group) is 1. The Balaban J connectivity index is 1.58. The van der Waals surface area contributed by atoms with Gasteiger partial charge in [0.2, 0.25) is 0 Å². The second-order valence-corrected chi connectivity index (χ2v) is 9.52. The molecule has 0 amide bonds. The van der Waals surface area contributed by atoms with E-state index >= 15 is 0 Å². The van der Waals surface area contributed by atoms with Crippen molar-refractivity contribution in [2.75, 3.05) is 27.2 Å². The summed E-state index contributed by atoms with van der Waals surface area (Å²) in [5.74, 6) is 0.383. The Labute approximate surface area is 207 Å². The summed E-state index contributed by atoms with van der Waals surface area (Å²) in [6.45, 7) is 4.62. The lowest BCUT2D eigenvalue weighted by atomic mass is 10.0. The minimum atomic E-state index is -4.45. The Hall–Kier alpha value is -3.50. The van der Waals surface area contributed by atoms with Gasteiger partial charge >= 0.3 is 6.18 Å². The van der Waals surface area contributed by atoms with E-state index in [0.717, 1.165) is 22.2 Å². The molecule has 1 fully saturated rings. The highest BCUT2D eigenvalue weighted by molar-refractivity contribution is 5.84. The van der Waals surface area contributed by atoms with E-state index < -0.39 is 12.2 Å². The number of hydrogen-bond donors (Lipinski definition) is 1. The van der Waals surface area contributed by atoms with E-state index in [0.29, 0.717) is 36.6 Å². The van der Waals surface area contributed by atoms with Crippen molar-refractivity contribution in [3.05, 3.63) is 72.1 Å². The molecule has 0 spiro atoms. The molecule has 1 aliphatic rings. The van der Waals surface area contributed by atoms with E-state index in [1.54, 1.807) is 10.5 Å². The number of allylic oxidation sites excluding steroid dienone is 1. The van der Waals surface area contributed by atoms with Gasteiger partial charge in [-0.3, -0.25) is 9.30 Å². The topological polar surface area (TPSA) is 75.6 Å². The Morgan fingerprint density at radius 1 is 1.17 bits per heavy atom. The molecule has 1 aromatic carbocycles. The fourth-order valence-electron chi connectivity index (χ4n) is 4.75. The zero-order chi connectivity index (χ0) is 25.6. The molecule has 0 radical (unpaired) electrons. The van der Waals surface area contributed by atoms with Crippen molar-refractivity contribution in [3.8, 4) is 11.5 Å². The van der Waals surface area contributed by atoms with Crippen molar-refractivity contribution in [1.82, 2.24) is 29.4 Å². The van der Waals surface area contributed by atoms with Crippen LogP contribution >= 0.6 is 0 Å². The minimum absolute atomic E-state index is 0.119. The number of benzene rings is 1. The molecule has 0 saturated carbocycles. The smallest absolute Gasteiger partial charge is 0.381 e. The van der Waals surface area contributed by atoms with Gasteiger partial charge in [-0.15, -0.1) is 10.2 Å². The van der Waals surface area contributed by atoms with E-state index in [1.807, 2.05) is 49.3 Å². The van der Waals surface area contributed by atoms with Gasteiger partial charge in [0.25, 0.3) is 0 Å². The molecule has 2 atom stereocenters. The van der Waals surface area contributed by atoms with Crippen molar-refractivity contribution in [2.24, 2.45) is 5.73 Å². The number of aromatic nitrogens is 4. The van der Waals surface area contributed by atoms with Crippen molar-refractivity contribution in [3.63, 3.8) is 0 Å². The monoisotopic (exact) mass is 495 g/mol. The summed E-state index contributed by atoms with van der Waals surface area (Å²) in [4.78, 5) is 8.21. The third kappa shape index (κ3) is 4.54. The van der Waals surface area contributed by atoms with Gasteiger partial charge in [0.15, 0.2) is 11.5 Å². The third-order valence-corrected chi connectivity index (χ3v) is 6.73. The van der Waals surface area contributed by atoms with Crippen LogP contribution in [0.3, 0.4) is 0 Å². The Kier molecular flexibility index (Phi) is 6.17. The Morgan fingerprint density at radius 2 is 1.97 bits per heavy atom. The van der Waals surface area contributed by atoms with Gasteiger partial charge in [0.05, 0.1) is 5.52 Å². The quantitative estimate of drug-likeness (QED) is 0.432. The lowest BCUT2D eigenvalue weighted by Gasteiger charge is -2.30. The Bertz CT molecular complexity index is 1430. The van der Waals surface area contributed by atoms with E-state index in [-0.39, 0.29) is 18.2 Å².